The summed E-state index contributed by atoms with van der Waals surface area (Å²) in [7, 11) is 3.98. The Morgan fingerprint density at radius 1 is 1.00 bits per heavy atom. The molecule has 8 nitrogen and oxygen atoms in total. The third-order valence-corrected chi connectivity index (χ3v) is 5.39. The molecule has 9 heteroatoms. The van der Waals surface area contributed by atoms with Crippen molar-refractivity contribution in [1.82, 2.24) is 29.6 Å². The number of nitrogens with zero attached hydrogens (tertiary/aromatic N) is 7. The molecule has 1 N–H and O–H groups in total. The number of aryl methyl sites for hydroxylation is 1. The van der Waals surface area contributed by atoms with Crippen molar-refractivity contribution in [2.75, 3.05) is 43.4 Å². The zero-order valence-electron chi connectivity index (χ0n) is 17.8. The molecule has 0 amide bonds. The molecule has 0 unspecified atom stereocenters. The number of piperazine rings is 1. The van der Waals surface area contributed by atoms with Gasteiger partial charge in [0.25, 0.3) is 0 Å². The first-order valence-electron chi connectivity index (χ1n) is 10.1. The second kappa shape index (κ2) is 8.35. The van der Waals surface area contributed by atoms with Crippen LogP contribution in [0.1, 0.15) is 25.5 Å². The third kappa shape index (κ3) is 4.11. The summed E-state index contributed by atoms with van der Waals surface area (Å²) in [5.41, 5.74) is 2.92. The van der Waals surface area contributed by atoms with Crippen molar-refractivity contribution in [2.45, 2.75) is 19.8 Å². The zero-order chi connectivity index (χ0) is 21.3. The van der Waals surface area contributed by atoms with E-state index in [0.29, 0.717) is 17.3 Å². The average Bonchev–Trinajstić information content (AvgIpc) is 3.12. The fraction of sp³-hybridized carbons (Fsp3) is 0.429. The molecule has 0 bridgehead atoms. The summed E-state index contributed by atoms with van der Waals surface area (Å²) >= 11 is 0. The van der Waals surface area contributed by atoms with Crippen LogP contribution in [0.25, 0.3) is 11.3 Å². The summed E-state index contributed by atoms with van der Waals surface area (Å²) in [6.45, 7) is 8.14. The molecule has 0 saturated carbocycles. The van der Waals surface area contributed by atoms with Crippen molar-refractivity contribution in [3.8, 4) is 11.3 Å². The standard InChI is InChI=1S/C21H27FN8/c1-14(2)20-16(12-25-29(20)4)19-17(22)13-24-21(27-19)26-18-6-5-15(11-23-18)30-9-7-28(3)8-10-30/h5-6,11-14H,7-10H2,1-4H3,(H,23,24,26,27). The summed E-state index contributed by atoms with van der Waals surface area (Å²) in [6, 6.07) is 3.92. The van der Waals surface area contributed by atoms with Gasteiger partial charge in [0, 0.05) is 38.8 Å². The quantitative estimate of drug-likeness (QED) is 0.693. The number of likely N-dealkylation sites (N-methyl/N-ethyl adjacent to an activating group) is 1. The van der Waals surface area contributed by atoms with Gasteiger partial charge in [-0.05, 0) is 25.1 Å². The summed E-state index contributed by atoms with van der Waals surface area (Å²) < 4.78 is 16.3. The number of hydrogen-bond donors (Lipinski definition) is 1. The lowest BCUT2D eigenvalue weighted by Gasteiger charge is -2.33. The minimum Gasteiger partial charge on any atom is -0.368 e. The van der Waals surface area contributed by atoms with Crippen molar-refractivity contribution < 1.29 is 4.39 Å². The highest BCUT2D eigenvalue weighted by Gasteiger charge is 2.19. The van der Waals surface area contributed by atoms with Crippen LogP contribution in [0, 0.1) is 5.82 Å². The third-order valence-electron chi connectivity index (χ3n) is 5.39. The summed E-state index contributed by atoms with van der Waals surface area (Å²) in [5.74, 6) is 0.612. The molecule has 4 heterocycles. The Morgan fingerprint density at radius 2 is 1.77 bits per heavy atom. The van der Waals surface area contributed by atoms with E-state index >= 15 is 0 Å². The molecule has 4 rings (SSSR count). The molecule has 0 radical (unpaired) electrons. The molecular formula is C21H27FN8. The number of hydrogen-bond acceptors (Lipinski definition) is 7. The molecular weight excluding hydrogens is 383 g/mol. The van der Waals surface area contributed by atoms with Crippen LogP contribution in [-0.2, 0) is 7.05 Å². The smallest absolute Gasteiger partial charge is 0.229 e. The minimum atomic E-state index is -0.478. The molecule has 158 valence electrons. The van der Waals surface area contributed by atoms with E-state index in [1.807, 2.05) is 39.2 Å². The lowest BCUT2D eigenvalue weighted by molar-refractivity contribution is 0.313. The monoisotopic (exact) mass is 410 g/mol. The fourth-order valence-corrected chi connectivity index (χ4v) is 3.76. The Kier molecular flexibility index (Phi) is 5.63. The summed E-state index contributed by atoms with van der Waals surface area (Å²) in [4.78, 5) is 17.6. The molecule has 30 heavy (non-hydrogen) atoms. The van der Waals surface area contributed by atoms with Gasteiger partial charge in [-0.15, -0.1) is 0 Å². The van der Waals surface area contributed by atoms with Gasteiger partial charge in [0.2, 0.25) is 5.95 Å². The molecule has 1 aliphatic rings. The maximum Gasteiger partial charge on any atom is 0.229 e. The van der Waals surface area contributed by atoms with Crippen molar-refractivity contribution in [1.29, 1.82) is 0 Å². The van der Waals surface area contributed by atoms with E-state index in [9.17, 15) is 4.39 Å². The van der Waals surface area contributed by atoms with E-state index in [-0.39, 0.29) is 11.6 Å². The predicted molar refractivity (Wildman–Crippen MR) is 116 cm³/mol. The molecule has 0 atom stereocenters. The van der Waals surface area contributed by atoms with Crippen molar-refractivity contribution in [3.05, 3.63) is 42.2 Å². The highest BCUT2D eigenvalue weighted by molar-refractivity contribution is 5.64. The second-order valence-electron chi connectivity index (χ2n) is 7.93. The van der Waals surface area contributed by atoms with Gasteiger partial charge < -0.3 is 15.1 Å². The van der Waals surface area contributed by atoms with Gasteiger partial charge in [0.1, 0.15) is 11.5 Å². The zero-order valence-corrected chi connectivity index (χ0v) is 17.8. The Labute approximate surface area is 175 Å². The van der Waals surface area contributed by atoms with Crippen LogP contribution in [0.15, 0.2) is 30.7 Å². The van der Waals surface area contributed by atoms with Gasteiger partial charge in [-0.3, -0.25) is 4.68 Å². The van der Waals surface area contributed by atoms with E-state index in [4.69, 9.17) is 0 Å². The van der Waals surface area contributed by atoms with E-state index in [2.05, 4.69) is 42.2 Å². The second-order valence-corrected chi connectivity index (χ2v) is 7.93. The molecule has 0 aliphatic carbocycles. The van der Waals surface area contributed by atoms with E-state index in [1.165, 1.54) is 6.20 Å². The van der Waals surface area contributed by atoms with Crippen LogP contribution in [-0.4, -0.2) is 62.9 Å². The van der Waals surface area contributed by atoms with Crippen LogP contribution in [0.5, 0.6) is 0 Å². The van der Waals surface area contributed by atoms with Crippen LogP contribution < -0.4 is 10.2 Å². The van der Waals surface area contributed by atoms with Gasteiger partial charge in [-0.2, -0.15) is 5.10 Å². The van der Waals surface area contributed by atoms with Gasteiger partial charge >= 0.3 is 0 Å². The van der Waals surface area contributed by atoms with Crippen molar-refractivity contribution in [3.63, 3.8) is 0 Å². The largest absolute Gasteiger partial charge is 0.368 e. The highest BCUT2D eigenvalue weighted by Crippen LogP contribution is 2.30. The average molecular weight is 411 g/mol. The van der Waals surface area contributed by atoms with Gasteiger partial charge in [-0.25, -0.2) is 19.3 Å². The van der Waals surface area contributed by atoms with Crippen LogP contribution in [0.4, 0.5) is 21.8 Å². The van der Waals surface area contributed by atoms with Crippen LogP contribution >= 0.6 is 0 Å². The first-order chi connectivity index (χ1) is 14.4. The first-order valence-corrected chi connectivity index (χ1v) is 10.1. The number of aromatic nitrogens is 5. The number of halogens is 1. The number of nitrogens with one attached hydrogen (secondary N) is 1. The SMILES string of the molecule is CC(C)c1c(-c2nc(Nc3ccc(N4CCN(C)CC4)cn3)ncc2F)cnn1C. The van der Waals surface area contributed by atoms with Gasteiger partial charge in [-0.1, -0.05) is 13.8 Å². The maximum absolute atomic E-state index is 14.5. The minimum absolute atomic E-state index is 0.182. The van der Waals surface area contributed by atoms with E-state index < -0.39 is 5.82 Å². The Morgan fingerprint density at radius 3 is 2.43 bits per heavy atom. The van der Waals surface area contributed by atoms with Crippen molar-refractivity contribution in [2.24, 2.45) is 7.05 Å². The number of pyridine rings is 1. The molecule has 3 aromatic heterocycles. The summed E-state index contributed by atoms with van der Waals surface area (Å²) in [6.07, 6.45) is 4.67. The number of anilines is 3. The molecule has 1 aliphatic heterocycles. The predicted octanol–water partition coefficient (Wildman–Crippen LogP) is 3.03. The number of rotatable bonds is 5. The summed E-state index contributed by atoms with van der Waals surface area (Å²) in [5, 5.41) is 7.36. The Hall–Kier alpha value is -3.07. The Bertz CT molecular complexity index is 1010. The van der Waals surface area contributed by atoms with E-state index in [1.54, 1.807) is 10.9 Å². The topological polar surface area (TPSA) is 75.0 Å². The van der Waals surface area contributed by atoms with E-state index in [0.717, 1.165) is 37.6 Å². The van der Waals surface area contributed by atoms with Crippen molar-refractivity contribution >= 4 is 17.5 Å². The lowest BCUT2D eigenvalue weighted by Crippen LogP contribution is -2.44. The molecule has 1 fully saturated rings. The van der Waals surface area contributed by atoms with Crippen LogP contribution in [0.3, 0.4) is 0 Å². The maximum atomic E-state index is 14.5. The van der Waals surface area contributed by atoms with Gasteiger partial charge in [0.15, 0.2) is 5.82 Å². The molecule has 0 spiro atoms. The lowest BCUT2D eigenvalue weighted by atomic mass is 10.0. The first kappa shape index (κ1) is 20.2. The fourth-order valence-electron chi connectivity index (χ4n) is 3.76. The molecule has 0 aromatic carbocycles. The highest BCUT2D eigenvalue weighted by atomic mass is 19.1. The Balaban J connectivity index is 1.54. The molecule has 1 saturated heterocycles. The molecule has 3 aromatic rings. The normalized spacial score (nSPS) is 15.1. The van der Waals surface area contributed by atoms with Crippen LogP contribution in [0.2, 0.25) is 0 Å². The van der Waals surface area contributed by atoms with Gasteiger partial charge in [0.05, 0.1) is 30.0 Å².